The molecule has 2 aromatic carbocycles. The molecule has 0 spiro atoms. The second-order valence-corrected chi connectivity index (χ2v) is 5.86. The summed E-state index contributed by atoms with van der Waals surface area (Å²) in [6.07, 6.45) is -3.29. The first-order valence-electron chi connectivity index (χ1n) is 8.23. The first-order chi connectivity index (χ1) is 13.2. The Hall–Kier alpha value is -3.47. The van der Waals surface area contributed by atoms with E-state index in [0.29, 0.717) is 5.75 Å². The number of alkyl halides is 3. The molecular weight excluding hydrogens is 371 g/mol. The van der Waals surface area contributed by atoms with Crippen LogP contribution in [0.15, 0.2) is 60.3 Å². The minimum atomic E-state index is -4.52. The molecule has 146 valence electrons. The summed E-state index contributed by atoms with van der Waals surface area (Å²) < 4.78 is 43.3. The zero-order valence-corrected chi connectivity index (χ0v) is 15.2. The fraction of sp³-hybridized carbons (Fsp3) is 0.200. The summed E-state index contributed by atoms with van der Waals surface area (Å²) in [7, 11) is 1.56. The van der Waals surface area contributed by atoms with Crippen LogP contribution in [0.3, 0.4) is 0 Å². The molecule has 0 radical (unpaired) electrons. The lowest BCUT2D eigenvalue weighted by atomic mass is 10.1. The fourth-order valence-corrected chi connectivity index (χ4v) is 2.32. The first-order valence-corrected chi connectivity index (χ1v) is 8.23. The molecule has 0 aliphatic heterocycles. The van der Waals surface area contributed by atoms with Crippen LogP contribution in [0.5, 0.6) is 5.75 Å². The molecule has 28 heavy (non-hydrogen) atoms. The van der Waals surface area contributed by atoms with Gasteiger partial charge in [-0.3, -0.25) is 4.79 Å². The number of anilines is 1. The second kappa shape index (κ2) is 8.95. The molecule has 1 atom stereocenters. The highest BCUT2D eigenvalue weighted by atomic mass is 19.4. The van der Waals surface area contributed by atoms with Crippen LogP contribution in [-0.4, -0.2) is 13.0 Å². The third-order valence-corrected chi connectivity index (χ3v) is 3.91. The van der Waals surface area contributed by atoms with Crippen LogP contribution in [0, 0.1) is 11.3 Å². The number of amides is 1. The van der Waals surface area contributed by atoms with E-state index in [4.69, 9.17) is 4.74 Å². The van der Waals surface area contributed by atoms with Gasteiger partial charge in [-0.2, -0.15) is 18.4 Å². The number of hydrogen-bond acceptors (Lipinski definition) is 4. The number of nitrogens with zero attached hydrogens (tertiary/aromatic N) is 1. The van der Waals surface area contributed by atoms with Crippen LogP contribution < -0.4 is 15.4 Å². The minimum absolute atomic E-state index is 0.0517. The Morgan fingerprint density at radius 3 is 2.46 bits per heavy atom. The molecule has 0 fully saturated rings. The molecule has 0 aromatic heterocycles. The number of ether oxygens (including phenoxy) is 1. The van der Waals surface area contributed by atoms with Gasteiger partial charge in [0.15, 0.2) is 0 Å². The van der Waals surface area contributed by atoms with Crippen molar-refractivity contribution < 1.29 is 22.7 Å². The Morgan fingerprint density at radius 2 is 1.89 bits per heavy atom. The van der Waals surface area contributed by atoms with E-state index in [9.17, 15) is 23.2 Å². The maximum atomic E-state index is 12.8. The van der Waals surface area contributed by atoms with Gasteiger partial charge in [-0.25, -0.2) is 0 Å². The first kappa shape index (κ1) is 20.8. The maximum absolute atomic E-state index is 12.8. The molecule has 2 aromatic rings. The zero-order valence-electron chi connectivity index (χ0n) is 15.2. The Morgan fingerprint density at radius 1 is 1.21 bits per heavy atom. The van der Waals surface area contributed by atoms with Crippen molar-refractivity contribution in [1.82, 2.24) is 5.32 Å². The summed E-state index contributed by atoms with van der Waals surface area (Å²) in [5, 5.41) is 14.4. The van der Waals surface area contributed by atoms with Crippen molar-refractivity contribution in [1.29, 1.82) is 5.26 Å². The SMILES string of the molecule is COc1ccc(C(C)N/C=C(/C#N)C(=O)Nc2cccc(C(F)(F)F)c2)cc1. The molecule has 1 amide bonds. The van der Waals surface area contributed by atoms with E-state index in [2.05, 4.69) is 10.6 Å². The average molecular weight is 389 g/mol. The third kappa shape index (κ3) is 5.51. The summed E-state index contributed by atoms with van der Waals surface area (Å²) >= 11 is 0. The number of nitriles is 1. The number of halogens is 3. The van der Waals surface area contributed by atoms with Gasteiger partial charge in [0.05, 0.1) is 12.7 Å². The quantitative estimate of drug-likeness (QED) is 0.567. The van der Waals surface area contributed by atoms with E-state index in [1.54, 1.807) is 25.3 Å². The van der Waals surface area contributed by atoms with Crippen molar-refractivity contribution in [3.8, 4) is 11.8 Å². The van der Waals surface area contributed by atoms with Crippen molar-refractivity contribution in [2.45, 2.75) is 19.1 Å². The van der Waals surface area contributed by atoms with Crippen LogP contribution in [0.4, 0.5) is 18.9 Å². The van der Waals surface area contributed by atoms with Gasteiger partial charge in [0.2, 0.25) is 0 Å². The summed E-state index contributed by atoms with van der Waals surface area (Å²) in [4.78, 5) is 12.2. The number of rotatable bonds is 6. The zero-order chi connectivity index (χ0) is 20.7. The molecule has 0 saturated carbocycles. The summed E-state index contributed by atoms with van der Waals surface area (Å²) in [6, 6.07) is 12.9. The molecule has 2 N–H and O–H groups in total. The van der Waals surface area contributed by atoms with E-state index >= 15 is 0 Å². The van der Waals surface area contributed by atoms with Crippen LogP contribution in [0.2, 0.25) is 0 Å². The molecule has 5 nitrogen and oxygen atoms in total. The molecule has 2 rings (SSSR count). The van der Waals surface area contributed by atoms with Crippen molar-refractivity contribution in [2.24, 2.45) is 0 Å². The topological polar surface area (TPSA) is 74.1 Å². The second-order valence-electron chi connectivity index (χ2n) is 5.86. The van der Waals surface area contributed by atoms with Gasteiger partial charge >= 0.3 is 6.18 Å². The number of carbonyl (C=O) groups is 1. The number of methoxy groups -OCH3 is 1. The molecule has 0 aliphatic rings. The summed E-state index contributed by atoms with van der Waals surface area (Å²) in [5.74, 6) is -0.110. The minimum Gasteiger partial charge on any atom is -0.497 e. The number of nitrogens with one attached hydrogen (secondary N) is 2. The molecule has 0 saturated heterocycles. The Labute approximate surface area is 160 Å². The van der Waals surface area contributed by atoms with Crippen LogP contribution in [0.1, 0.15) is 24.1 Å². The van der Waals surface area contributed by atoms with Gasteiger partial charge in [0, 0.05) is 17.9 Å². The van der Waals surface area contributed by atoms with E-state index in [1.807, 2.05) is 19.1 Å². The van der Waals surface area contributed by atoms with Gasteiger partial charge in [0.25, 0.3) is 5.91 Å². The van der Waals surface area contributed by atoms with Crippen molar-refractivity contribution >= 4 is 11.6 Å². The van der Waals surface area contributed by atoms with Crippen molar-refractivity contribution in [3.63, 3.8) is 0 Å². The predicted molar refractivity (Wildman–Crippen MR) is 98.3 cm³/mol. The largest absolute Gasteiger partial charge is 0.497 e. The van der Waals surface area contributed by atoms with Gasteiger partial charge in [-0.05, 0) is 42.8 Å². The maximum Gasteiger partial charge on any atom is 0.416 e. The fourth-order valence-electron chi connectivity index (χ4n) is 2.32. The Balaban J connectivity index is 2.07. The molecule has 0 heterocycles. The standard InChI is InChI=1S/C20H18F3N3O2/c1-13(14-6-8-18(28-2)9-7-14)25-12-15(11-24)19(27)26-17-5-3-4-16(10-17)20(21,22)23/h3-10,12-13,25H,1-2H3,(H,26,27)/b15-12-. The lowest BCUT2D eigenvalue weighted by Gasteiger charge is -2.13. The van der Waals surface area contributed by atoms with Crippen molar-refractivity contribution in [2.75, 3.05) is 12.4 Å². The highest BCUT2D eigenvalue weighted by Gasteiger charge is 2.30. The number of benzene rings is 2. The van der Waals surface area contributed by atoms with Crippen LogP contribution >= 0.6 is 0 Å². The molecule has 0 bridgehead atoms. The lowest BCUT2D eigenvalue weighted by molar-refractivity contribution is -0.137. The normalized spacial score (nSPS) is 12.6. The summed E-state index contributed by atoms with van der Waals surface area (Å²) in [6.45, 7) is 1.83. The lowest BCUT2D eigenvalue weighted by Crippen LogP contribution is -2.19. The van der Waals surface area contributed by atoms with E-state index in [-0.39, 0.29) is 17.3 Å². The highest BCUT2D eigenvalue weighted by Crippen LogP contribution is 2.30. The highest BCUT2D eigenvalue weighted by molar-refractivity contribution is 6.06. The molecule has 1 unspecified atom stereocenters. The Bertz CT molecular complexity index is 900. The smallest absolute Gasteiger partial charge is 0.416 e. The van der Waals surface area contributed by atoms with Gasteiger partial charge in [0.1, 0.15) is 17.4 Å². The van der Waals surface area contributed by atoms with Crippen LogP contribution in [0.25, 0.3) is 0 Å². The van der Waals surface area contributed by atoms with Crippen molar-refractivity contribution in [3.05, 3.63) is 71.4 Å². The third-order valence-electron chi connectivity index (χ3n) is 3.91. The van der Waals surface area contributed by atoms with E-state index in [0.717, 1.165) is 17.7 Å². The molecule has 0 aliphatic carbocycles. The van der Waals surface area contributed by atoms with Gasteiger partial charge in [-0.15, -0.1) is 0 Å². The predicted octanol–water partition coefficient (Wildman–Crippen LogP) is 4.41. The summed E-state index contributed by atoms with van der Waals surface area (Å²) in [5.41, 5.74) is -0.311. The van der Waals surface area contributed by atoms with E-state index in [1.165, 1.54) is 18.3 Å². The van der Waals surface area contributed by atoms with Crippen LogP contribution in [-0.2, 0) is 11.0 Å². The number of hydrogen-bond donors (Lipinski definition) is 2. The van der Waals surface area contributed by atoms with Gasteiger partial charge in [-0.1, -0.05) is 18.2 Å². The molecular formula is C20H18F3N3O2. The Kier molecular flexibility index (Phi) is 6.66. The van der Waals surface area contributed by atoms with Gasteiger partial charge < -0.3 is 15.4 Å². The number of carbonyl (C=O) groups excluding carboxylic acids is 1. The molecule has 8 heteroatoms. The monoisotopic (exact) mass is 389 g/mol. The average Bonchev–Trinajstić information content (AvgIpc) is 2.68. The van der Waals surface area contributed by atoms with E-state index < -0.39 is 17.6 Å².